The van der Waals surface area contributed by atoms with E-state index in [2.05, 4.69) is 5.32 Å². The second kappa shape index (κ2) is 6.95. The van der Waals surface area contributed by atoms with Gasteiger partial charge in [-0.15, -0.1) is 0 Å². The van der Waals surface area contributed by atoms with E-state index in [0.717, 1.165) is 24.3 Å². The van der Waals surface area contributed by atoms with Crippen molar-refractivity contribution in [2.24, 2.45) is 0 Å². The number of hydrogen-bond donors (Lipinski definition) is 1. The van der Waals surface area contributed by atoms with Gasteiger partial charge in [0.25, 0.3) is 5.91 Å². The van der Waals surface area contributed by atoms with Crippen molar-refractivity contribution in [2.75, 3.05) is 11.9 Å². The fraction of sp³-hybridized carbons (Fsp3) is 0.125. The molecular formula is C16H12F3NO3. The van der Waals surface area contributed by atoms with Crippen LogP contribution >= 0.6 is 0 Å². The van der Waals surface area contributed by atoms with E-state index in [-0.39, 0.29) is 17.0 Å². The Morgan fingerprint density at radius 2 is 1.78 bits per heavy atom. The molecule has 4 nitrogen and oxygen atoms in total. The molecule has 1 N–H and O–H groups in total. The third-order valence-corrected chi connectivity index (χ3v) is 2.88. The molecule has 0 bridgehead atoms. The van der Waals surface area contributed by atoms with Gasteiger partial charge in [0, 0.05) is 11.8 Å². The summed E-state index contributed by atoms with van der Waals surface area (Å²) in [6.07, 6.45) is 0. The first-order valence-corrected chi connectivity index (χ1v) is 6.55. The summed E-state index contributed by atoms with van der Waals surface area (Å²) < 4.78 is 44.1. The van der Waals surface area contributed by atoms with Crippen molar-refractivity contribution >= 4 is 17.4 Å². The number of hydrogen-bond acceptors (Lipinski definition) is 3. The SMILES string of the molecule is CC(=O)c1cc(F)ccc1OCC(=O)Nc1ccc(F)c(F)c1. The van der Waals surface area contributed by atoms with Gasteiger partial charge in [0.05, 0.1) is 5.56 Å². The minimum atomic E-state index is -1.10. The van der Waals surface area contributed by atoms with Gasteiger partial charge in [-0.05, 0) is 37.3 Å². The molecule has 0 aliphatic rings. The molecule has 2 rings (SSSR count). The van der Waals surface area contributed by atoms with Crippen molar-refractivity contribution in [1.82, 2.24) is 0 Å². The Morgan fingerprint density at radius 3 is 2.43 bits per heavy atom. The van der Waals surface area contributed by atoms with Gasteiger partial charge in [0.2, 0.25) is 0 Å². The number of amides is 1. The lowest BCUT2D eigenvalue weighted by atomic mass is 10.1. The van der Waals surface area contributed by atoms with E-state index in [1.807, 2.05) is 0 Å². The van der Waals surface area contributed by atoms with Crippen LogP contribution in [0.3, 0.4) is 0 Å². The lowest BCUT2D eigenvalue weighted by Crippen LogP contribution is -2.21. The summed E-state index contributed by atoms with van der Waals surface area (Å²) in [5.41, 5.74) is 0.0639. The predicted octanol–water partition coefficient (Wildman–Crippen LogP) is 3.32. The number of nitrogens with one attached hydrogen (secondary N) is 1. The molecule has 0 saturated heterocycles. The summed E-state index contributed by atoms with van der Waals surface area (Å²) in [6, 6.07) is 6.22. The Balaban J connectivity index is 2.02. The van der Waals surface area contributed by atoms with Crippen LogP contribution in [0.5, 0.6) is 5.75 Å². The first-order chi connectivity index (χ1) is 10.9. The minimum Gasteiger partial charge on any atom is -0.483 e. The molecule has 0 aliphatic heterocycles. The van der Waals surface area contributed by atoms with Gasteiger partial charge in [-0.1, -0.05) is 0 Å². The van der Waals surface area contributed by atoms with E-state index in [9.17, 15) is 22.8 Å². The normalized spacial score (nSPS) is 10.3. The van der Waals surface area contributed by atoms with E-state index < -0.39 is 35.7 Å². The van der Waals surface area contributed by atoms with Crippen LogP contribution in [0.15, 0.2) is 36.4 Å². The first-order valence-electron chi connectivity index (χ1n) is 6.55. The maximum atomic E-state index is 13.1. The Kier molecular flexibility index (Phi) is 5.00. The Bertz CT molecular complexity index is 762. The van der Waals surface area contributed by atoms with E-state index in [1.54, 1.807) is 0 Å². The van der Waals surface area contributed by atoms with Crippen LogP contribution in [-0.4, -0.2) is 18.3 Å². The number of carbonyl (C=O) groups excluding carboxylic acids is 2. The second-order valence-electron chi connectivity index (χ2n) is 4.66. The Labute approximate surface area is 129 Å². The molecule has 120 valence electrons. The number of ether oxygens (including phenoxy) is 1. The maximum absolute atomic E-state index is 13.1. The average Bonchev–Trinajstić information content (AvgIpc) is 2.49. The number of Topliss-reactive ketones (excluding diaryl/α,β-unsaturated/α-hetero) is 1. The van der Waals surface area contributed by atoms with E-state index in [4.69, 9.17) is 4.74 Å². The van der Waals surface area contributed by atoms with Gasteiger partial charge < -0.3 is 10.1 Å². The highest BCUT2D eigenvalue weighted by atomic mass is 19.2. The lowest BCUT2D eigenvalue weighted by Gasteiger charge is -2.10. The molecule has 0 aromatic heterocycles. The largest absolute Gasteiger partial charge is 0.483 e. The van der Waals surface area contributed by atoms with Gasteiger partial charge in [-0.25, -0.2) is 13.2 Å². The third-order valence-electron chi connectivity index (χ3n) is 2.88. The molecular weight excluding hydrogens is 311 g/mol. The molecule has 0 aliphatic carbocycles. The molecule has 2 aromatic carbocycles. The van der Waals surface area contributed by atoms with Crippen LogP contribution in [0.4, 0.5) is 18.9 Å². The number of halogens is 3. The molecule has 23 heavy (non-hydrogen) atoms. The molecule has 7 heteroatoms. The summed E-state index contributed by atoms with van der Waals surface area (Å²) in [4.78, 5) is 23.1. The van der Waals surface area contributed by atoms with Crippen LogP contribution < -0.4 is 10.1 Å². The van der Waals surface area contributed by atoms with Crippen molar-refractivity contribution in [3.05, 3.63) is 59.4 Å². The highest BCUT2D eigenvalue weighted by Crippen LogP contribution is 2.20. The molecule has 0 saturated carbocycles. The lowest BCUT2D eigenvalue weighted by molar-refractivity contribution is -0.118. The van der Waals surface area contributed by atoms with Gasteiger partial charge in [0.1, 0.15) is 11.6 Å². The zero-order valence-electron chi connectivity index (χ0n) is 12.0. The smallest absolute Gasteiger partial charge is 0.262 e. The highest BCUT2D eigenvalue weighted by Gasteiger charge is 2.12. The minimum absolute atomic E-state index is 0.00521. The third kappa shape index (κ3) is 4.32. The van der Waals surface area contributed by atoms with Crippen molar-refractivity contribution in [3.8, 4) is 5.75 Å². The van der Waals surface area contributed by atoms with Crippen LogP contribution in [0.2, 0.25) is 0 Å². The Morgan fingerprint density at radius 1 is 1.04 bits per heavy atom. The standard InChI is InChI=1S/C16H12F3NO3/c1-9(21)12-6-10(17)2-5-15(12)23-8-16(22)20-11-3-4-13(18)14(19)7-11/h2-7H,8H2,1H3,(H,20,22). The number of anilines is 1. The van der Waals surface area contributed by atoms with Gasteiger partial charge in [-0.2, -0.15) is 0 Å². The van der Waals surface area contributed by atoms with Crippen LogP contribution in [0, 0.1) is 17.5 Å². The predicted molar refractivity (Wildman–Crippen MR) is 76.9 cm³/mol. The number of rotatable bonds is 5. The quantitative estimate of drug-likeness (QED) is 0.859. The summed E-state index contributed by atoms with van der Waals surface area (Å²) >= 11 is 0. The number of benzene rings is 2. The van der Waals surface area contributed by atoms with Crippen molar-refractivity contribution < 1.29 is 27.5 Å². The van der Waals surface area contributed by atoms with Crippen LogP contribution in [-0.2, 0) is 4.79 Å². The van der Waals surface area contributed by atoms with Crippen molar-refractivity contribution in [2.45, 2.75) is 6.92 Å². The summed E-state index contributed by atoms with van der Waals surface area (Å²) in [5.74, 6) is -3.73. The molecule has 2 aromatic rings. The van der Waals surface area contributed by atoms with Gasteiger partial charge >= 0.3 is 0 Å². The molecule has 0 spiro atoms. The van der Waals surface area contributed by atoms with E-state index in [0.29, 0.717) is 0 Å². The fourth-order valence-corrected chi connectivity index (χ4v) is 1.82. The van der Waals surface area contributed by atoms with E-state index in [1.165, 1.54) is 19.1 Å². The first kappa shape index (κ1) is 16.5. The molecule has 1 amide bonds. The molecule has 0 fully saturated rings. The maximum Gasteiger partial charge on any atom is 0.262 e. The van der Waals surface area contributed by atoms with Crippen molar-refractivity contribution in [1.29, 1.82) is 0 Å². The zero-order valence-corrected chi connectivity index (χ0v) is 12.0. The van der Waals surface area contributed by atoms with Crippen molar-refractivity contribution in [3.63, 3.8) is 0 Å². The number of ketones is 1. The average molecular weight is 323 g/mol. The fourth-order valence-electron chi connectivity index (χ4n) is 1.82. The highest BCUT2D eigenvalue weighted by molar-refractivity contribution is 5.97. The molecule has 0 atom stereocenters. The van der Waals surface area contributed by atoms with E-state index >= 15 is 0 Å². The molecule has 0 heterocycles. The molecule has 0 unspecified atom stereocenters. The van der Waals surface area contributed by atoms with Gasteiger partial charge in [-0.3, -0.25) is 9.59 Å². The number of carbonyl (C=O) groups is 2. The monoisotopic (exact) mass is 323 g/mol. The topological polar surface area (TPSA) is 55.4 Å². The molecule has 0 radical (unpaired) electrons. The summed E-state index contributed by atoms with van der Waals surface area (Å²) in [6.45, 7) is 0.758. The van der Waals surface area contributed by atoms with Gasteiger partial charge in [0.15, 0.2) is 24.0 Å². The second-order valence-corrected chi connectivity index (χ2v) is 4.66. The van der Waals surface area contributed by atoms with Crippen LogP contribution in [0.25, 0.3) is 0 Å². The summed E-state index contributed by atoms with van der Waals surface area (Å²) in [5, 5.41) is 2.31. The van der Waals surface area contributed by atoms with Crippen LogP contribution in [0.1, 0.15) is 17.3 Å². The Hall–Kier alpha value is -2.83. The summed E-state index contributed by atoms with van der Waals surface area (Å²) in [7, 11) is 0. The zero-order chi connectivity index (χ0) is 17.0.